The number of fused-ring (bicyclic) bond motifs is 1. The van der Waals surface area contributed by atoms with Crippen LogP contribution in [0, 0.1) is 6.92 Å². The summed E-state index contributed by atoms with van der Waals surface area (Å²) in [7, 11) is 1.39. The quantitative estimate of drug-likeness (QED) is 0.607. The third-order valence-electron chi connectivity index (χ3n) is 3.66. The molecule has 1 heterocycles. The molecule has 1 aromatic carbocycles. The third-order valence-corrected chi connectivity index (χ3v) is 3.66. The van der Waals surface area contributed by atoms with Crippen LogP contribution >= 0.6 is 0 Å². The molecule has 0 N–H and O–H groups in total. The standard InChI is InChI=1S/C15H18O3/c1-5-15(3)11-8-10(2)6-7-12(11)18-13(15)9-14(16)17-4/h5-8,13H,1,9H2,2-4H3/t13-,15-/m0/s1. The van der Waals surface area contributed by atoms with Gasteiger partial charge in [0.25, 0.3) is 0 Å². The highest BCUT2D eigenvalue weighted by Gasteiger charge is 2.44. The van der Waals surface area contributed by atoms with Gasteiger partial charge in [0, 0.05) is 5.56 Å². The lowest BCUT2D eigenvalue weighted by Crippen LogP contribution is -2.35. The summed E-state index contributed by atoms with van der Waals surface area (Å²) in [4.78, 5) is 11.5. The van der Waals surface area contributed by atoms with E-state index in [2.05, 4.69) is 12.6 Å². The van der Waals surface area contributed by atoms with Gasteiger partial charge in [-0.15, -0.1) is 6.58 Å². The molecule has 1 aliphatic rings. The molecule has 3 heteroatoms. The number of aryl methyl sites for hydroxylation is 1. The molecule has 1 aliphatic heterocycles. The first-order valence-electron chi connectivity index (χ1n) is 5.99. The van der Waals surface area contributed by atoms with Gasteiger partial charge in [-0.3, -0.25) is 4.79 Å². The van der Waals surface area contributed by atoms with Crippen LogP contribution in [-0.4, -0.2) is 19.2 Å². The second-order valence-electron chi connectivity index (χ2n) is 4.87. The fourth-order valence-electron chi connectivity index (χ4n) is 2.35. The van der Waals surface area contributed by atoms with Crippen molar-refractivity contribution in [2.24, 2.45) is 0 Å². The Labute approximate surface area is 107 Å². The van der Waals surface area contributed by atoms with Gasteiger partial charge in [-0.05, 0) is 19.9 Å². The maximum Gasteiger partial charge on any atom is 0.309 e. The zero-order chi connectivity index (χ0) is 13.3. The predicted octanol–water partition coefficient (Wildman–Crippen LogP) is 2.76. The Bertz CT molecular complexity index is 493. The smallest absolute Gasteiger partial charge is 0.309 e. The molecule has 0 unspecified atom stereocenters. The monoisotopic (exact) mass is 246 g/mol. The summed E-state index contributed by atoms with van der Waals surface area (Å²) in [5, 5.41) is 0. The average molecular weight is 246 g/mol. The number of ether oxygens (including phenoxy) is 2. The average Bonchev–Trinajstić information content (AvgIpc) is 2.63. The lowest BCUT2D eigenvalue weighted by molar-refractivity contribution is -0.142. The molecule has 0 aliphatic carbocycles. The molecule has 0 saturated carbocycles. The summed E-state index contributed by atoms with van der Waals surface area (Å²) < 4.78 is 10.6. The van der Waals surface area contributed by atoms with Gasteiger partial charge in [-0.25, -0.2) is 0 Å². The molecule has 96 valence electrons. The van der Waals surface area contributed by atoms with Crippen LogP contribution in [0.3, 0.4) is 0 Å². The van der Waals surface area contributed by atoms with Gasteiger partial charge in [-0.1, -0.05) is 23.8 Å². The van der Waals surface area contributed by atoms with Crippen LogP contribution in [0.2, 0.25) is 0 Å². The summed E-state index contributed by atoms with van der Waals surface area (Å²) in [6, 6.07) is 6.04. The summed E-state index contributed by atoms with van der Waals surface area (Å²) >= 11 is 0. The zero-order valence-corrected chi connectivity index (χ0v) is 11.0. The first-order valence-corrected chi connectivity index (χ1v) is 5.99. The fourth-order valence-corrected chi connectivity index (χ4v) is 2.35. The number of carbonyl (C=O) groups is 1. The minimum absolute atomic E-state index is 0.229. The fraction of sp³-hybridized carbons (Fsp3) is 0.400. The lowest BCUT2D eigenvalue weighted by atomic mass is 9.77. The van der Waals surface area contributed by atoms with Gasteiger partial charge in [0.05, 0.1) is 18.9 Å². The molecule has 0 aromatic heterocycles. The molecular formula is C15H18O3. The molecule has 18 heavy (non-hydrogen) atoms. The van der Waals surface area contributed by atoms with E-state index < -0.39 is 0 Å². The van der Waals surface area contributed by atoms with Crippen molar-refractivity contribution >= 4 is 5.97 Å². The largest absolute Gasteiger partial charge is 0.488 e. The molecule has 0 spiro atoms. The Morgan fingerprint density at radius 1 is 1.61 bits per heavy atom. The van der Waals surface area contributed by atoms with Crippen LogP contribution < -0.4 is 4.74 Å². The Morgan fingerprint density at radius 3 is 2.94 bits per heavy atom. The Balaban J connectivity index is 2.38. The van der Waals surface area contributed by atoms with Gasteiger partial charge in [0.15, 0.2) is 0 Å². The van der Waals surface area contributed by atoms with Crippen molar-refractivity contribution in [1.82, 2.24) is 0 Å². The van der Waals surface area contributed by atoms with Crippen LogP contribution in [0.25, 0.3) is 0 Å². The Kier molecular flexibility index (Phi) is 3.16. The maximum absolute atomic E-state index is 11.5. The topological polar surface area (TPSA) is 35.5 Å². The second-order valence-corrected chi connectivity index (χ2v) is 4.87. The van der Waals surface area contributed by atoms with Crippen molar-refractivity contribution in [3.63, 3.8) is 0 Å². The first-order chi connectivity index (χ1) is 8.51. The Hall–Kier alpha value is -1.77. The number of hydrogen-bond donors (Lipinski definition) is 0. The highest BCUT2D eigenvalue weighted by Crippen LogP contribution is 2.45. The van der Waals surface area contributed by atoms with E-state index in [4.69, 9.17) is 9.47 Å². The molecule has 1 aromatic rings. The molecule has 2 atom stereocenters. The lowest BCUT2D eigenvalue weighted by Gasteiger charge is -2.26. The summed E-state index contributed by atoms with van der Waals surface area (Å²) in [6.07, 6.45) is 1.83. The predicted molar refractivity (Wildman–Crippen MR) is 69.8 cm³/mol. The van der Waals surface area contributed by atoms with E-state index >= 15 is 0 Å². The number of benzene rings is 1. The van der Waals surface area contributed by atoms with Crippen molar-refractivity contribution in [3.05, 3.63) is 42.0 Å². The van der Waals surface area contributed by atoms with Crippen molar-refractivity contribution in [3.8, 4) is 5.75 Å². The minimum Gasteiger partial charge on any atom is -0.488 e. The van der Waals surface area contributed by atoms with Crippen molar-refractivity contribution < 1.29 is 14.3 Å². The third kappa shape index (κ3) is 1.90. The molecule has 0 saturated heterocycles. The van der Waals surface area contributed by atoms with Gasteiger partial charge < -0.3 is 9.47 Å². The number of rotatable bonds is 3. The van der Waals surface area contributed by atoms with E-state index in [0.717, 1.165) is 11.3 Å². The molecule has 2 rings (SSSR count). The molecule has 0 radical (unpaired) electrons. The van der Waals surface area contributed by atoms with E-state index in [1.54, 1.807) is 0 Å². The molecule has 0 amide bonds. The minimum atomic E-state index is -0.352. The normalized spacial score (nSPS) is 25.2. The zero-order valence-electron chi connectivity index (χ0n) is 11.0. The van der Waals surface area contributed by atoms with Crippen molar-refractivity contribution in [2.75, 3.05) is 7.11 Å². The number of esters is 1. The number of methoxy groups -OCH3 is 1. The summed E-state index contributed by atoms with van der Waals surface area (Å²) in [5.41, 5.74) is 1.91. The van der Waals surface area contributed by atoms with Crippen LogP contribution in [0.5, 0.6) is 5.75 Å². The SMILES string of the molecule is C=C[C@@]1(C)c2cc(C)ccc2O[C@H]1CC(=O)OC. The molecule has 0 bridgehead atoms. The summed E-state index contributed by atoms with van der Waals surface area (Å²) in [5.74, 6) is 0.564. The van der Waals surface area contributed by atoms with Crippen molar-refractivity contribution in [1.29, 1.82) is 0 Å². The molecular weight excluding hydrogens is 228 g/mol. The maximum atomic E-state index is 11.5. The highest BCUT2D eigenvalue weighted by molar-refractivity contribution is 5.71. The van der Waals surface area contributed by atoms with Gasteiger partial charge in [0.2, 0.25) is 0 Å². The number of hydrogen-bond acceptors (Lipinski definition) is 3. The van der Waals surface area contributed by atoms with Gasteiger partial charge in [-0.2, -0.15) is 0 Å². The van der Waals surface area contributed by atoms with E-state index in [-0.39, 0.29) is 23.9 Å². The van der Waals surface area contributed by atoms with Crippen LogP contribution in [0.4, 0.5) is 0 Å². The summed E-state index contributed by atoms with van der Waals surface area (Å²) in [6.45, 7) is 7.97. The highest BCUT2D eigenvalue weighted by atomic mass is 16.5. The van der Waals surface area contributed by atoms with Crippen LogP contribution in [0.1, 0.15) is 24.5 Å². The van der Waals surface area contributed by atoms with E-state index in [1.165, 1.54) is 12.7 Å². The molecule has 3 nitrogen and oxygen atoms in total. The van der Waals surface area contributed by atoms with E-state index in [1.807, 2.05) is 32.1 Å². The molecule has 0 fully saturated rings. The van der Waals surface area contributed by atoms with Gasteiger partial charge in [0.1, 0.15) is 11.9 Å². The van der Waals surface area contributed by atoms with Crippen molar-refractivity contribution in [2.45, 2.75) is 31.8 Å². The van der Waals surface area contributed by atoms with Crippen LogP contribution in [0.15, 0.2) is 30.9 Å². The van der Waals surface area contributed by atoms with Gasteiger partial charge >= 0.3 is 5.97 Å². The first kappa shape index (κ1) is 12.7. The Morgan fingerprint density at radius 2 is 2.33 bits per heavy atom. The second kappa shape index (κ2) is 4.48. The van der Waals surface area contributed by atoms with E-state index in [9.17, 15) is 4.79 Å². The van der Waals surface area contributed by atoms with Crippen LogP contribution in [-0.2, 0) is 14.9 Å². The van der Waals surface area contributed by atoms with E-state index in [0.29, 0.717) is 0 Å². The number of carbonyl (C=O) groups excluding carboxylic acids is 1.